The van der Waals surface area contributed by atoms with Crippen LogP contribution in [0.5, 0.6) is 0 Å². The van der Waals surface area contributed by atoms with Gasteiger partial charge in [0.05, 0.1) is 5.39 Å². The summed E-state index contributed by atoms with van der Waals surface area (Å²) in [6.45, 7) is 7.92. The van der Waals surface area contributed by atoms with Crippen LogP contribution in [-0.2, 0) is 16.0 Å². The Labute approximate surface area is 161 Å². The monoisotopic (exact) mass is 392 g/mol. The highest BCUT2D eigenvalue weighted by Gasteiger charge is 2.23. The lowest BCUT2D eigenvalue weighted by atomic mass is 10.2. The molecule has 0 bridgehead atoms. The summed E-state index contributed by atoms with van der Waals surface area (Å²) in [5.41, 5.74) is 5.51. The topological polar surface area (TPSA) is 111 Å². The van der Waals surface area contributed by atoms with Crippen LogP contribution in [0.4, 0.5) is 11.8 Å². The Morgan fingerprint density at radius 2 is 2.00 bits per heavy atom. The zero-order valence-electron chi connectivity index (χ0n) is 15.7. The molecule has 10 heteroatoms. The summed E-state index contributed by atoms with van der Waals surface area (Å²) in [5.74, 6) is 0.268. The normalized spacial score (nSPS) is 15.8. The predicted molar refractivity (Wildman–Crippen MR) is 105 cm³/mol. The number of amides is 1. The summed E-state index contributed by atoms with van der Waals surface area (Å²) in [6, 6.07) is 1.34. The fourth-order valence-electron chi connectivity index (χ4n) is 2.90. The molecule has 1 amide bonds. The van der Waals surface area contributed by atoms with Crippen molar-refractivity contribution in [2.24, 2.45) is 0 Å². The van der Waals surface area contributed by atoms with E-state index in [9.17, 15) is 9.59 Å². The van der Waals surface area contributed by atoms with E-state index in [4.69, 9.17) is 5.11 Å². The van der Waals surface area contributed by atoms with E-state index in [0.717, 1.165) is 22.5 Å². The van der Waals surface area contributed by atoms with Crippen molar-refractivity contribution in [3.8, 4) is 0 Å². The zero-order chi connectivity index (χ0) is 19.6. The number of carboxylic acid groups (broad SMARTS) is 1. The average Bonchev–Trinajstić information content (AvgIpc) is 3.08. The lowest BCUT2D eigenvalue weighted by molar-refractivity contribution is -0.138. The van der Waals surface area contributed by atoms with E-state index in [0.29, 0.717) is 32.1 Å². The molecule has 9 nitrogen and oxygen atoms in total. The van der Waals surface area contributed by atoms with Gasteiger partial charge in [0, 0.05) is 38.0 Å². The molecule has 27 heavy (non-hydrogen) atoms. The highest BCUT2D eigenvalue weighted by Crippen LogP contribution is 2.32. The Morgan fingerprint density at radius 1 is 1.30 bits per heavy atom. The molecule has 0 unspecified atom stereocenters. The van der Waals surface area contributed by atoms with Gasteiger partial charge < -0.3 is 14.9 Å². The number of aliphatic carboxylic acids is 1. The summed E-state index contributed by atoms with van der Waals surface area (Å²) < 4.78 is 0. The fraction of sp³-hybridized carbons (Fsp3) is 0.529. The van der Waals surface area contributed by atoms with Crippen LogP contribution in [0.3, 0.4) is 0 Å². The van der Waals surface area contributed by atoms with Crippen LogP contribution in [0.2, 0.25) is 0 Å². The van der Waals surface area contributed by atoms with Crippen molar-refractivity contribution in [3.05, 3.63) is 10.9 Å². The van der Waals surface area contributed by atoms with Crippen LogP contribution >= 0.6 is 11.3 Å². The third-order valence-electron chi connectivity index (χ3n) is 4.57. The number of hydrogen-bond donors (Lipinski definition) is 3. The van der Waals surface area contributed by atoms with Crippen LogP contribution in [0.15, 0.2) is 6.07 Å². The summed E-state index contributed by atoms with van der Waals surface area (Å²) in [7, 11) is 0. The summed E-state index contributed by atoms with van der Waals surface area (Å²) >= 11 is 1.61. The summed E-state index contributed by atoms with van der Waals surface area (Å²) in [4.78, 5) is 37.8. The number of hydrazine groups is 1. The van der Waals surface area contributed by atoms with E-state index < -0.39 is 12.0 Å². The first-order valence-electron chi connectivity index (χ1n) is 8.94. The molecular formula is C17H24N6O3S. The number of fused-ring (bicyclic) bond motifs is 1. The quantitative estimate of drug-likeness (QED) is 0.631. The number of carboxylic acids is 1. The second kappa shape index (κ2) is 8.05. The van der Waals surface area contributed by atoms with E-state index in [2.05, 4.69) is 38.7 Å². The average molecular weight is 392 g/mol. The molecule has 0 radical (unpaired) electrons. The van der Waals surface area contributed by atoms with Gasteiger partial charge in [0.15, 0.2) is 0 Å². The van der Waals surface area contributed by atoms with Gasteiger partial charge in [-0.05, 0) is 19.4 Å². The minimum absolute atomic E-state index is 0.0838. The fourth-order valence-corrected chi connectivity index (χ4v) is 3.86. The number of rotatable bonds is 6. The standard InChI is InChI=1S/C17H24N6O3S/c1-4-12-9-13-14(23-7-5-22(6-8-23)11(3)24)18-17(19-15(13)27-12)21-20-10(2)16(25)26/h9-10,20H,4-8H2,1-3H3,(H,25,26)(H,18,19,21)/t10-/m0/s1. The molecular weight excluding hydrogens is 368 g/mol. The maximum Gasteiger partial charge on any atom is 0.322 e. The van der Waals surface area contributed by atoms with E-state index in [1.165, 1.54) is 11.8 Å². The Balaban J connectivity index is 1.88. The van der Waals surface area contributed by atoms with Crippen molar-refractivity contribution >= 4 is 45.2 Å². The molecule has 3 heterocycles. The Kier molecular flexibility index (Phi) is 5.76. The molecule has 0 saturated carbocycles. The van der Waals surface area contributed by atoms with Crippen LogP contribution in [0.25, 0.3) is 10.2 Å². The molecule has 3 N–H and O–H groups in total. The molecule has 146 valence electrons. The molecule has 0 aromatic carbocycles. The highest BCUT2D eigenvalue weighted by molar-refractivity contribution is 7.18. The van der Waals surface area contributed by atoms with Crippen molar-refractivity contribution in [1.82, 2.24) is 20.3 Å². The number of carbonyl (C=O) groups excluding carboxylic acids is 1. The van der Waals surface area contributed by atoms with Gasteiger partial charge in [-0.1, -0.05) is 6.92 Å². The second-order valence-electron chi connectivity index (χ2n) is 6.48. The molecule has 0 aliphatic carbocycles. The molecule has 1 aliphatic rings. The first-order chi connectivity index (χ1) is 12.9. The van der Waals surface area contributed by atoms with Crippen molar-refractivity contribution in [2.75, 3.05) is 36.5 Å². The molecule has 1 fully saturated rings. The number of aromatic nitrogens is 2. The Hall–Kier alpha value is -2.46. The first kappa shape index (κ1) is 19.3. The molecule has 1 saturated heterocycles. The lowest BCUT2D eigenvalue weighted by Gasteiger charge is -2.35. The Morgan fingerprint density at radius 3 is 2.59 bits per heavy atom. The summed E-state index contributed by atoms with van der Waals surface area (Å²) in [6.07, 6.45) is 0.912. The van der Waals surface area contributed by atoms with Crippen LogP contribution in [-0.4, -0.2) is 64.1 Å². The largest absolute Gasteiger partial charge is 0.480 e. The minimum atomic E-state index is -0.964. The van der Waals surface area contributed by atoms with E-state index in [-0.39, 0.29) is 5.91 Å². The van der Waals surface area contributed by atoms with Crippen LogP contribution in [0.1, 0.15) is 25.6 Å². The van der Waals surface area contributed by atoms with Gasteiger partial charge >= 0.3 is 5.97 Å². The lowest BCUT2D eigenvalue weighted by Crippen LogP contribution is -2.48. The van der Waals surface area contributed by atoms with Crippen LogP contribution < -0.4 is 15.8 Å². The van der Waals surface area contributed by atoms with Gasteiger partial charge in [0.1, 0.15) is 16.7 Å². The van der Waals surface area contributed by atoms with Gasteiger partial charge in [0.25, 0.3) is 0 Å². The number of aryl methyl sites for hydroxylation is 1. The van der Waals surface area contributed by atoms with Gasteiger partial charge in [-0.25, -0.2) is 10.4 Å². The number of anilines is 2. The molecule has 1 aliphatic heterocycles. The van der Waals surface area contributed by atoms with Gasteiger partial charge in [-0.2, -0.15) is 4.98 Å². The number of thiophene rings is 1. The molecule has 1 atom stereocenters. The first-order valence-corrected chi connectivity index (χ1v) is 9.76. The smallest absolute Gasteiger partial charge is 0.322 e. The minimum Gasteiger partial charge on any atom is -0.480 e. The van der Waals surface area contributed by atoms with Gasteiger partial charge in [-0.3, -0.25) is 15.0 Å². The van der Waals surface area contributed by atoms with Crippen molar-refractivity contribution in [2.45, 2.75) is 33.2 Å². The van der Waals surface area contributed by atoms with E-state index in [1.54, 1.807) is 18.3 Å². The van der Waals surface area contributed by atoms with Crippen molar-refractivity contribution < 1.29 is 14.7 Å². The number of nitrogens with zero attached hydrogens (tertiary/aromatic N) is 4. The number of nitrogens with one attached hydrogen (secondary N) is 2. The van der Waals surface area contributed by atoms with Gasteiger partial charge in [0.2, 0.25) is 11.9 Å². The maximum absolute atomic E-state index is 11.6. The Bertz CT molecular complexity index is 847. The predicted octanol–water partition coefficient (Wildman–Crippen LogP) is 1.31. The second-order valence-corrected chi connectivity index (χ2v) is 7.59. The molecule has 2 aromatic rings. The van der Waals surface area contributed by atoms with E-state index >= 15 is 0 Å². The third-order valence-corrected chi connectivity index (χ3v) is 5.74. The number of hydrogen-bond acceptors (Lipinski definition) is 8. The number of carbonyl (C=O) groups is 2. The highest BCUT2D eigenvalue weighted by atomic mass is 32.1. The van der Waals surface area contributed by atoms with E-state index in [1.807, 2.05) is 4.90 Å². The SMILES string of the molecule is CCc1cc2c(N3CCN(C(C)=O)CC3)nc(NN[C@@H](C)C(=O)O)nc2s1. The van der Waals surface area contributed by atoms with Crippen molar-refractivity contribution in [3.63, 3.8) is 0 Å². The third kappa shape index (κ3) is 4.28. The molecule has 2 aromatic heterocycles. The van der Waals surface area contributed by atoms with Gasteiger partial charge in [-0.15, -0.1) is 11.3 Å². The van der Waals surface area contributed by atoms with Crippen LogP contribution in [0, 0.1) is 0 Å². The summed E-state index contributed by atoms with van der Waals surface area (Å²) in [5, 5.41) is 10.0. The molecule has 3 rings (SSSR count). The number of piperazine rings is 1. The molecule has 0 spiro atoms. The van der Waals surface area contributed by atoms with Crippen molar-refractivity contribution in [1.29, 1.82) is 0 Å². The maximum atomic E-state index is 11.6. The zero-order valence-corrected chi connectivity index (χ0v) is 16.5.